The number of hydrogen-bond acceptors (Lipinski definition) is 4. The molecule has 1 fully saturated rings. The summed E-state index contributed by atoms with van der Waals surface area (Å²) in [4.78, 5) is 12.9. The fourth-order valence-corrected chi connectivity index (χ4v) is 1.99. The van der Waals surface area contributed by atoms with Crippen LogP contribution in [0.1, 0.15) is 0 Å². The second-order valence-corrected chi connectivity index (χ2v) is 4.25. The third kappa shape index (κ3) is 5.38. The van der Waals surface area contributed by atoms with Crippen LogP contribution >= 0.6 is 12.4 Å². The van der Waals surface area contributed by atoms with Gasteiger partial charge in [-0.2, -0.15) is 13.2 Å². The lowest BCUT2D eigenvalue weighted by molar-refractivity contribution is -0.145. The van der Waals surface area contributed by atoms with Crippen molar-refractivity contribution in [1.29, 1.82) is 0 Å². The quantitative estimate of drug-likeness (QED) is 0.765. The van der Waals surface area contributed by atoms with Crippen LogP contribution in [0, 0.1) is 0 Å². The summed E-state index contributed by atoms with van der Waals surface area (Å²) in [5.41, 5.74) is 0. The second-order valence-electron chi connectivity index (χ2n) is 4.25. The van der Waals surface area contributed by atoms with E-state index in [1.165, 1.54) is 11.9 Å². The van der Waals surface area contributed by atoms with E-state index in [9.17, 15) is 23.1 Å². The Bertz CT molecular complexity index is 291. The zero-order valence-electron chi connectivity index (χ0n) is 9.72. The van der Waals surface area contributed by atoms with Gasteiger partial charge in [-0.05, 0) is 7.05 Å². The molecule has 5 nitrogen and oxygen atoms in total. The van der Waals surface area contributed by atoms with Crippen LogP contribution in [0.25, 0.3) is 0 Å². The Labute approximate surface area is 109 Å². The van der Waals surface area contributed by atoms with Crippen LogP contribution < -0.4 is 0 Å². The third-order valence-corrected chi connectivity index (χ3v) is 2.69. The van der Waals surface area contributed by atoms with Crippen LogP contribution in [-0.4, -0.2) is 77.5 Å². The molecule has 0 aromatic heterocycles. The minimum Gasteiger partial charge on any atom is -0.480 e. The number of carbonyl (C=O) groups is 1. The summed E-state index contributed by atoms with van der Waals surface area (Å²) in [7, 11) is 1.47. The lowest BCUT2D eigenvalue weighted by Crippen LogP contribution is -2.43. The first-order valence-corrected chi connectivity index (χ1v) is 5.08. The van der Waals surface area contributed by atoms with Crippen LogP contribution in [0.3, 0.4) is 0 Å². The van der Waals surface area contributed by atoms with E-state index >= 15 is 0 Å². The van der Waals surface area contributed by atoms with E-state index in [0.717, 1.165) is 4.90 Å². The minimum atomic E-state index is -4.31. The van der Waals surface area contributed by atoms with Crippen molar-refractivity contribution in [2.24, 2.45) is 0 Å². The number of aliphatic hydroxyl groups is 1. The van der Waals surface area contributed by atoms with Crippen LogP contribution in [0.4, 0.5) is 13.2 Å². The predicted molar refractivity (Wildman–Crippen MR) is 59.8 cm³/mol. The topological polar surface area (TPSA) is 64.0 Å². The number of carboxylic acids is 1. The first-order valence-electron chi connectivity index (χ1n) is 5.08. The molecular weight excluding hydrogens is 277 g/mol. The van der Waals surface area contributed by atoms with E-state index in [2.05, 4.69) is 0 Å². The number of aliphatic carboxylic acids is 1. The van der Waals surface area contributed by atoms with E-state index < -0.39 is 30.8 Å². The standard InChI is InChI=1S/C9H15F3N2O3.ClH/c1-13(4-8(16)17)6-2-14(3-7(6)15)5-9(10,11)12;/h6-7,15H,2-5H2,1H3,(H,16,17);1H/t6?,7-;/m1./s1. The smallest absolute Gasteiger partial charge is 0.401 e. The maximum atomic E-state index is 12.1. The Hall–Kier alpha value is -0.570. The molecule has 0 bridgehead atoms. The normalized spacial score (nSPS) is 25.2. The summed E-state index contributed by atoms with van der Waals surface area (Å²) in [6.07, 6.45) is -5.26. The number of rotatable bonds is 4. The van der Waals surface area contributed by atoms with Crippen molar-refractivity contribution in [3.05, 3.63) is 0 Å². The molecule has 1 saturated heterocycles. The number of nitrogens with zero attached hydrogens (tertiary/aromatic N) is 2. The minimum absolute atomic E-state index is 0. The Morgan fingerprint density at radius 1 is 1.44 bits per heavy atom. The molecule has 0 aromatic rings. The van der Waals surface area contributed by atoms with E-state index in [4.69, 9.17) is 5.11 Å². The van der Waals surface area contributed by atoms with Crippen molar-refractivity contribution in [3.63, 3.8) is 0 Å². The maximum Gasteiger partial charge on any atom is 0.401 e. The van der Waals surface area contributed by atoms with Crippen molar-refractivity contribution in [3.8, 4) is 0 Å². The summed E-state index contributed by atoms with van der Waals surface area (Å²) in [5, 5.41) is 18.2. The van der Waals surface area contributed by atoms with Gasteiger partial charge in [0.25, 0.3) is 0 Å². The molecular formula is C9H16ClF3N2O3. The van der Waals surface area contributed by atoms with Gasteiger partial charge in [0.1, 0.15) is 0 Å². The molecule has 0 aromatic carbocycles. The highest BCUT2D eigenvalue weighted by atomic mass is 35.5. The lowest BCUT2D eigenvalue weighted by Gasteiger charge is -2.24. The van der Waals surface area contributed by atoms with Gasteiger partial charge in [0.15, 0.2) is 0 Å². The maximum absolute atomic E-state index is 12.1. The highest BCUT2D eigenvalue weighted by molar-refractivity contribution is 5.85. The highest BCUT2D eigenvalue weighted by Gasteiger charge is 2.39. The van der Waals surface area contributed by atoms with Gasteiger partial charge in [0.05, 0.1) is 19.2 Å². The fraction of sp³-hybridized carbons (Fsp3) is 0.889. The molecule has 1 aliphatic rings. The van der Waals surface area contributed by atoms with Gasteiger partial charge in [-0.15, -0.1) is 12.4 Å². The molecule has 1 heterocycles. The lowest BCUT2D eigenvalue weighted by atomic mass is 10.2. The second kappa shape index (κ2) is 6.55. The number of alkyl halides is 3. The van der Waals surface area contributed by atoms with Crippen molar-refractivity contribution in [2.75, 3.05) is 33.2 Å². The van der Waals surface area contributed by atoms with Crippen molar-refractivity contribution in [2.45, 2.75) is 18.3 Å². The van der Waals surface area contributed by atoms with E-state index in [-0.39, 0.29) is 32.0 Å². The molecule has 0 radical (unpaired) electrons. The number of likely N-dealkylation sites (N-methyl/N-ethyl adjacent to an activating group) is 1. The molecule has 18 heavy (non-hydrogen) atoms. The zero-order valence-corrected chi connectivity index (χ0v) is 10.5. The number of likely N-dealkylation sites (tertiary alicyclic amines) is 1. The number of hydrogen-bond donors (Lipinski definition) is 2. The SMILES string of the molecule is CN(CC(=O)O)C1CN(CC(F)(F)F)C[C@H]1O.Cl. The largest absolute Gasteiger partial charge is 0.480 e. The summed E-state index contributed by atoms with van der Waals surface area (Å²) in [6, 6.07) is -0.576. The molecule has 1 aliphatic heterocycles. The van der Waals surface area contributed by atoms with Gasteiger partial charge in [-0.25, -0.2) is 0 Å². The average Bonchev–Trinajstić information content (AvgIpc) is 2.41. The van der Waals surface area contributed by atoms with Crippen LogP contribution in [0.15, 0.2) is 0 Å². The fourth-order valence-electron chi connectivity index (χ4n) is 1.99. The zero-order chi connectivity index (χ0) is 13.2. The Kier molecular flexibility index (Phi) is 6.35. The monoisotopic (exact) mass is 292 g/mol. The van der Waals surface area contributed by atoms with Gasteiger partial charge in [-0.1, -0.05) is 0 Å². The van der Waals surface area contributed by atoms with E-state index in [0.29, 0.717) is 0 Å². The number of carboxylic acid groups (broad SMARTS) is 1. The van der Waals surface area contributed by atoms with Crippen molar-refractivity contribution in [1.82, 2.24) is 9.80 Å². The number of halogens is 4. The van der Waals surface area contributed by atoms with Gasteiger partial charge in [0, 0.05) is 19.1 Å². The molecule has 0 saturated carbocycles. The van der Waals surface area contributed by atoms with Gasteiger partial charge in [0.2, 0.25) is 0 Å². The van der Waals surface area contributed by atoms with Crippen LogP contribution in [0.5, 0.6) is 0 Å². The van der Waals surface area contributed by atoms with E-state index in [1.54, 1.807) is 0 Å². The molecule has 2 N–H and O–H groups in total. The molecule has 9 heteroatoms. The van der Waals surface area contributed by atoms with Gasteiger partial charge in [-0.3, -0.25) is 14.6 Å². The van der Waals surface area contributed by atoms with Crippen LogP contribution in [0.2, 0.25) is 0 Å². The van der Waals surface area contributed by atoms with Crippen LogP contribution in [-0.2, 0) is 4.79 Å². The molecule has 0 aliphatic carbocycles. The van der Waals surface area contributed by atoms with Crippen molar-refractivity contribution < 1.29 is 28.2 Å². The number of β-amino-alcohol motifs (C(OH)–C–C–N with tert-alkyl or cyclic N) is 1. The number of aliphatic hydroxyl groups excluding tert-OH is 1. The summed E-state index contributed by atoms with van der Waals surface area (Å²) in [5.74, 6) is -1.08. The third-order valence-electron chi connectivity index (χ3n) is 2.69. The van der Waals surface area contributed by atoms with Gasteiger partial charge >= 0.3 is 12.1 Å². The predicted octanol–water partition coefficient (Wildman–Crippen LogP) is 0.0320. The molecule has 1 unspecified atom stereocenters. The molecule has 2 atom stereocenters. The Balaban J connectivity index is 0.00000289. The highest BCUT2D eigenvalue weighted by Crippen LogP contribution is 2.21. The summed E-state index contributed by atoms with van der Waals surface area (Å²) in [6.45, 7) is -1.46. The Morgan fingerprint density at radius 2 is 2.00 bits per heavy atom. The molecule has 0 spiro atoms. The first kappa shape index (κ1) is 17.4. The van der Waals surface area contributed by atoms with E-state index in [1.807, 2.05) is 0 Å². The summed E-state index contributed by atoms with van der Waals surface area (Å²) >= 11 is 0. The van der Waals surface area contributed by atoms with Gasteiger partial charge < -0.3 is 10.2 Å². The molecule has 108 valence electrons. The summed E-state index contributed by atoms with van der Waals surface area (Å²) < 4.78 is 36.4. The first-order chi connectivity index (χ1) is 7.69. The molecule has 0 amide bonds. The molecule has 1 rings (SSSR count). The average molecular weight is 293 g/mol. The Morgan fingerprint density at radius 3 is 2.44 bits per heavy atom. The van der Waals surface area contributed by atoms with Crippen molar-refractivity contribution >= 4 is 18.4 Å².